The molecule has 0 aromatic heterocycles. The number of rotatable bonds is 3. The van der Waals surface area contributed by atoms with Crippen molar-refractivity contribution in [2.75, 3.05) is 53.4 Å². The highest BCUT2D eigenvalue weighted by Gasteiger charge is 2.35. The highest BCUT2D eigenvalue weighted by atomic mass is 32.2. The summed E-state index contributed by atoms with van der Waals surface area (Å²) in [4.78, 5) is 13.5. The zero-order valence-electron chi connectivity index (χ0n) is 12.2. The van der Waals surface area contributed by atoms with Crippen molar-refractivity contribution < 1.29 is 13.2 Å². The number of nitrogens with zero attached hydrogens (tertiary/aromatic N) is 3. The topological polar surface area (TPSA) is 73.0 Å². The lowest BCUT2D eigenvalue weighted by molar-refractivity contribution is -0.134. The summed E-state index contributed by atoms with van der Waals surface area (Å²) in [6, 6.07) is 0. The SMILES string of the molecule is CN(C)C(=O)C1CCN(S(=O)(=O)N2CCNCC2)CC1. The molecular formula is C12H24N4O3S. The minimum atomic E-state index is -3.35. The van der Waals surface area contributed by atoms with Crippen molar-refractivity contribution >= 4 is 16.1 Å². The van der Waals surface area contributed by atoms with E-state index in [1.54, 1.807) is 19.0 Å². The lowest BCUT2D eigenvalue weighted by Crippen LogP contribution is -2.53. The molecule has 0 unspecified atom stereocenters. The molecule has 2 rings (SSSR count). The fourth-order valence-corrected chi connectivity index (χ4v) is 4.38. The summed E-state index contributed by atoms with van der Waals surface area (Å²) < 4.78 is 28.0. The number of piperazine rings is 1. The molecule has 0 saturated carbocycles. The van der Waals surface area contributed by atoms with Crippen LogP contribution in [0.4, 0.5) is 0 Å². The Bertz CT molecular complexity index is 438. The summed E-state index contributed by atoms with van der Waals surface area (Å²) in [6.45, 7) is 3.34. The maximum atomic E-state index is 12.5. The van der Waals surface area contributed by atoms with Crippen molar-refractivity contribution in [3.63, 3.8) is 0 Å². The van der Waals surface area contributed by atoms with E-state index in [0.717, 1.165) is 0 Å². The van der Waals surface area contributed by atoms with E-state index >= 15 is 0 Å². The quantitative estimate of drug-likeness (QED) is 0.721. The van der Waals surface area contributed by atoms with E-state index in [2.05, 4.69) is 5.32 Å². The van der Waals surface area contributed by atoms with Crippen molar-refractivity contribution in [1.82, 2.24) is 18.8 Å². The minimum Gasteiger partial charge on any atom is -0.349 e. The van der Waals surface area contributed by atoms with Gasteiger partial charge in [-0.05, 0) is 12.8 Å². The zero-order chi connectivity index (χ0) is 14.8. The summed E-state index contributed by atoms with van der Waals surface area (Å²) in [5.74, 6) is 0.0590. The molecule has 0 radical (unpaired) electrons. The highest BCUT2D eigenvalue weighted by Crippen LogP contribution is 2.22. The molecule has 2 saturated heterocycles. The largest absolute Gasteiger partial charge is 0.349 e. The van der Waals surface area contributed by atoms with Gasteiger partial charge < -0.3 is 10.2 Å². The fraction of sp³-hybridized carbons (Fsp3) is 0.917. The number of amides is 1. The van der Waals surface area contributed by atoms with Crippen LogP contribution < -0.4 is 5.32 Å². The van der Waals surface area contributed by atoms with E-state index in [-0.39, 0.29) is 11.8 Å². The van der Waals surface area contributed by atoms with Crippen LogP contribution in [0.15, 0.2) is 0 Å². The molecule has 0 aromatic rings. The van der Waals surface area contributed by atoms with E-state index < -0.39 is 10.2 Å². The average molecular weight is 304 g/mol. The summed E-state index contributed by atoms with van der Waals surface area (Å²) in [5, 5.41) is 3.15. The van der Waals surface area contributed by atoms with Gasteiger partial charge in [-0.3, -0.25) is 4.79 Å². The third kappa shape index (κ3) is 3.30. The number of carbonyl (C=O) groups is 1. The van der Waals surface area contributed by atoms with Gasteiger partial charge in [0, 0.05) is 59.3 Å². The van der Waals surface area contributed by atoms with Gasteiger partial charge in [0.05, 0.1) is 0 Å². The molecule has 7 nitrogen and oxygen atoms in total. The third-order valence-corrected chi connectivity index (χ3v) is 6.01. The molecule has 1 N–H and O–H groups in total. The molecule has 0 atom stereocenters. The first kappa shape index (κ1) is 15.7. The molecule has 1 amide bonds. The van der Waals surface area contributed by atoms with Crippen molar-refractivity contribution in [3.8, 4) is 0 Å². The molecule has 2 aliphatic heterocycles. The minimum absolute atomic E-state index is 0.0422. The van der Waals surface area contributed by atoms with Crippen LogP contribution >= 0.6 is 0 Å². The Morgan fingerprint density at radius 3 is 2.05 bits per heavy atom. The second kappa shape index (κ2) is 6.38. The molecule has 0 spiro atoms. The van der Waals surface area contributed by atoms with Gasteiger partial charge in [0.1, 0.15) is 0 Å². The first-order chi connectivity index (χ1) is 9.43. The number of carbonyl (C=O) groups excluding carboxylic acids is 1. The first-order valence-electron chi connectivity index (χ1n) is 7.10. The highest BCUT2D eigenvalue weighted by molar-refractivity contribution is 7.86. The third-order valence-electron chi connectivity index (χ3n) is 3.97. The maximum absolute atomic E-state index is 12.5. The Hall–Kier alpha value is -0.700. The van der Waals surface area contributed by atoms with Crippen molar-refractivity contribution in [1.29, 1.82) is 0 Å². The van der Waals surface area contributed by atoms with Crippen LogP contribution in [0.1, 0.15) is 12.8 Å². The predicted molar refractivity (Wildman–Crippen MR) is 76.4 cm³/mol. The standard InChI is InChI=1S/C12H24N4O3S/c1-14(2)12(17)11-3-7-15(8-4-11)20(18,19)16-9-5-13-6-10-16/h11,13H,3-10H2,1-2H3. The van der Waals surface area contributed by atoms with Crippen LogP contribution in [-0.4, -0.2) is 81.2 Å². The summed E-state index contributed by atoms with van der Waals surface area (Å²) in [5.41, 5.74) is 0. The van der Waals surface area contributed by atoms with Gasteiger partial charge in [0.25, 0.3) is 10.2 Å². The predicted octanol–water partition coefficient (Wildman–Crippen LogP) is -1.06. The van der Waals surface area contributed by atoms with Gasteiger partial charge in [0.2, 0.25) is 5.91 Å². The maximum Gasteiger partial charge on any atom is 0.282 e. The second-order valence-electron chi connectivity index (χ2n) is 5.56. The number of hydrogen-bond acceptors (Lipinski definition) is 4. The van der Waals surface area contributed by atoms with Crippen LogP contribution in [0.5, 0.6) is 0 Å². The summed E-state index contributed by atoms with van der Waals surface area (Å²) in [6.07, 6.45) is 1.23. The lowest BCUT2D eigenvalue weighted by Gasteiger charge is -2.36. The molecule has 0 aromatic carbocycles. The average Bonchev–Trinajstić information content (AvgIpc) is 2.47. The normalized spacial score (nSPS) is 23.7. The number of hydrogen-bond donors (Lipinski definition) is 1. The van der Waals surface area contributed by atoms with Gasteiger partial charge in [-0.15, -0.1) is 0 Å². The Labute approximate surface area is 121 Å². The number of piperidine rings is 1. The van der Waals surface area contributed by atoms with E-state index in [1.165, 1.54) is 8.61 Å². The Morgan fingerprint density at radius 1 is 1.05 bits per heavy atom. The molecule has 2 heterocycles. The van der Waals surface area contributed by atoms with E-state index in [9.17, 15) is 13.2 Å². The van der Waals surface area contributed by atoms with Crippen LogP contribution in [0.2, 0.25) is 0 Å². The zero-order valence-corrected chi connectivity index (χ0v) is 13.0. The van der Waals surface area contributed by atoms with Gasteiger partial charge in [-0.25, -0.2) is 0 Å². The first-order valence-corrected chi connectivity index (χ1v) is 8.49. The Morgan fingerprint density at radius 2 is 1.55 bits per heavy atom. The van der Waals surface area contributed by atoms with Crippen molar-refractivity contribution in [3.05, 3.63) is 0 Å². The fourth-order valence-electron chi connectivity index (χ4n) is 2.74. The van der Waals surface area contributed by atoms with E-state index in [0.29, 0.717) is 52.1 Å². The molecule has 20 heavy (non-hydrogen) atoms. The molecular weight excluding hydrogens is 280 g/mol. The summed E-state index contributed by atoms with van der Waals surface area (Å²) >= 11 is 0. The van der Waals surface area contributed by atoms with Crippen molar-refractivity contribution in [2.45, 2.75) is 12.8 Å². The van der Waals surface area contributed by atoms with E-state index in [4.69, 9.17) is 0 Å². The van der Waals surface area contributed by atoms with Crippen molar-refractivity contribution in [2.24, 2.45) is 5.92 Å². The van der Waals surface area contributed by atoms with Gasteiger partial charge in [0.15, 0.2) is 0 Å². The van der Waals surface area contributed by atoms with Crippen LogP contribution in [0.3, 0.4) is 0 Å². The molecule has 116 valence electrons. The second-order valence-corrected chi connectivity index (χ2v) is 7.49. The Kier molecular flexibility index (Phi) is 5.00. The molecule has 0 bridgehead atoms. The molecule has 2 aliphatic rings. The van der Waals surface area contributed by atoms with Crippen LogP contribution in [0.25, 0.3) is 0 Å². The molecule has 0 aliphatic carbocycles. The van der Waals surface area contributed by atoms with Gasteiger partial charge >= 0.3 is 0 Å². The van der Waals surface area contributed by atoms with Crippen LogP contribution in [0, 0.1) is 5.92 Å². The van der Waals surface area contributed by atoms with E-state index in [1.807, 2.05) is 0 Å². The van der Waals surface area contributed by atoms with Gasteiger partial charge in [-0.1, -0.05) is 0 Å². The Balaban J connectivity index is 1.94. The number of nitrogens with one attached hydrogen (secondary N) is 1. The van der Waals surface area contributed by atoms with Gasteiger partial charge in [-0.2, -0.15) is 17.0 Å². The monoisotopic (exact) mass is 304 g/mol. The molecule has 8 heteroatoms. The van der Waals surface area contributed by atoms with Crippen LogP contribution in [-0.2, 0) is 15.0 Å². The lowest BCUT2D eigenvalue weighted by atomic mass is 9.97. The smallest absolute Gasteiger partial charge is 0.282 e. The molecule has 2 fully saturated rings. The summed E-state index contributed by atoms with van der Waals surface area (Å²) in [7, 11) is 0.132.